The zero-order valence-corrected chi connectivity index (χ0v) is 13.1. The third kappa shape index (κ3) is 5.64. The minimum atomic E-state index is -4.51. The quantitative estimate of drug-likeness (QED) is 0.112. The number of ketones is 1. The summed E-state index contributed by atoms with van der Waals surface area (Å²) in [6.45, 7) is 0.710. The maximum Gasteiger partial charge on any atom is 0.619 e. The van der Waals surface area contributed by atoms with Crippen molar-refractivity contribution in [2.75, 3.05) is 0 Å². The molecule has 0 bridgehead atoms. The van der Waals surface area contributed by atoms with Crippen LogP contribution in [0.4, 0.5) is 8.78 Å². The number of hydrogen-bond acceptors (Lipinski definition) is 12. The van der Waals surface area contributed by atoms with E-state index in [1.54, 1.807) is 0 Å². The standard InChI is InChI=1S/C9H9F2N5O11/c1-5(17)27-12-6(4-9(11,15(23)24)16(25)26)7(18)2-3-8(10,13(19)20)14(21)22/h2-4H2,1H3. The summed E-state index contributed by atoms with van der Waals surface area (Å²) in [6, 6.07) is 0. The molecule has 0 aliphatic carbocycles. The van der Waals surface area contributed by atoms with Crippen LogP contribution in [0.5, 0.6) is 0 Å². The summed E-state index contributed by atoms with van der Waals surface area (Å²) in [5.74, 6) is -11.8. The van der Waals surface area contributed by atoms with Gasteiger partial charge in [0.25, 0.3) is 0 Å². The third-order valence-corrected chi connectivity index (χ3v) is 2.79. The fourth-order valence-electron chi connectivity index (χ4n) is 1.38. The van der Waals surface area contributed by atoms with Crippen LogP contribution in [0, 0.1) is 40.5 Å². The van der Waals surface area contributed by atoms with E-state index in [-0.39, 0.29) is 0 Å². The molecule has 16 nitrogen and oxygen atoms in total. The van der Waals surface area contributed by atoms with Gasteiger partial charge in [-0.25, -0.2) is 4.79 Å². The zero-order chi connectivity index (χ0) is 21.6. The fourth-order valence-corrected chi connectivity index (χ4v) is 1.38. The Morgan fingerprint density at radius 3 is 1.67 bits per heavy atom. The maximum atomic E-state index is 13.8. The zero-order valence-electron chi connectivity index (χ0n) is 13.1. The highest BCUT2D eigenvalue weighted by molar-refractivity contribution is 6.39. The van der Waals surface area contributed by atoms with Gasteiger partial charge in [-0.3, -0.25) is 45.3 Å². The van der Waals surface area contributed by atoms with Crippen molar-refractivity contribution < 1.29 is 42.9 Å². The average Bonchev–Trinajstić information content (AvgIpc) is 2.54. The highest BCUT2D eigenvalue weighted by Gasteiger charge is 2.61. The molecule has 0 spiro atoms. The fraction of sp³-hybridized carbons (Fsp3) is 0.667. The van der Waals surface area contributed by atoms with Crippen molar-refractivity contribution in [2.24, 2.45) is 5.16 Å². The SMILES string of the molecule is CC(=O)ON=C(CC(F)([N+](=O)[O-])[N+](=O)[O-])C(=O)CCC(F)([N+](=O)[O-])[N+](=O)[O-]. The molecule has 0 amide bonds. The molecular formula is C9H9F2N5O11. The molecule has 0 aliphatic heterocycles. The van der Waals surface area contributed by atoms with Crippen LogP contribution in [0.3, 0.4) is 0 Å². The first-order chi connectivity index (χ1) is 12.2. The molecule has 0 saturated carbocycles. The maximum absolute atomic E-state index is 13.8. The molecule has 0 rings (SSSR count). The van der Waals surface area contributed by atoms with E-state index in [2.05, 4.69) is 9.99 Å². The van der Waals surface area contributed by atoms with Crippen molar-refractivity contribution in [2.45, 2.75) is 38.0 Å². The number of carbonyl (C=O) groups is 2. The molecule has 27 heavy (non-hydrogen) atoms. The Balaban J connectivity index is 5.69. The van der Waals surface area contributed by atoms with Crippen molar-refractivity contribution in [3.63, 3.8) is 0 Å². The van der Waals surface area contributed by atoms with E-state index in [1.807, 2.05) is 0 Å². The minimum absolute atomic E-state index is 0.710. The molecular weight excluding hydrogens is 392 g/mol. The molecule has 18 heteroatoms. The van der Waals surface area contributed by atoms with Crippen LogP contribution in [0.2, 0.25) is 0 Å². The van der Waals surface area contributed by atoms with Crippen molar-refractivity contribution >= 4 is 17.5 Å². The normalized spacial score (nSPS) is 12.2. The van der Waals surface area contributed by atoms with Gasteiger partial charge < -0.3 is 4.84 Å². The lowest BCUT2D eigenvalue weighted by atomic mass is 10.0. The smallest absolute Gasteiger partial charge is 0.318 e. The first-order valence-corrected chi connectivity index (χ1v) is 6.42. The molecule has 0 aromatic heterocycles. The number of alkyl halides is 2. The Hall–Kier alpha value is -3.73. The van der Waals surface area contributed by atoms with E-state index in [4.69, 9.17) is 0 Å². The largest absolute Gasteiger partial charge is 0.619 e. The second-order valence-electron chi connectivity index (χ2n) is 4.69. The number of rotatable bonds is 11. The Bertz CT molecular complexity index is 695. The third-order valence-electron chi connectivity index (χ3n) is 2.79. The van der Waals surface area contributed by atoms with E-state index in [0.717, 1.165) is 0 Å². The monoisotopic (exact) mass is 401 g/mol. The number of nitro groups is 4. The molecule has 0 atom stereocenters. The van der Waals surface area contributed by atoms with Gasteiger partial charge in [-0.1, -0.05) is 13.9 Å². The van der Waals surface area contributed by atoms with Gasteiger partial charge in [0.05, 0.1) is 0 Å². The van der Waals surface area contributed by atoms with E-state index in [9.17, 15) is 58.8 Å². The van der Waals surface area contributed by atoms with Gasteiger partial charge in [0.1, 0.15) is 31.8 Å². The number of oxime groups is 1. The van der Waals surface area contributed by atoms with Gasteiger partial charge >= 0.3 is 17.8 Å². The van der Waals surface area contributed by atoms with Crippen LogP contribution in [0.25, 0.3) is 0 Å². The molecule has 0 unspecified atom stereocenters. The first-order valence-electron chi connectivity index (χ1n) is 6.42. The summed E-state index contributed by atoms with van der Waals surface area (Å²) in [7, 11) is 0. The molecule has 0 aliphatic rings. The minimum Gasteiger partial charge on any atom is -0.318 e. The molecule has 0 fully saturated rings. The summed E-state index contributed by atoms with van der Waals surface area (Å²) in [6.07, 6.45) is -5.17. The van der Waals surface area contributed by atoms with Crippen LogP contribution in [0.15, 0.2) is 5.16 Å². The Morgan fingerprint density at radius 2 is 1.33 bits per heavy atom. The molecule has 150 valence electrons. The van der Waals surface area contributed by atoms with E-state index in [1.165, 1.54) is 0 Å². The van der Waals surface area contributed by atoms with Crippen molar-refractivity contribution in [3.8, 4) is 0 Å². The van der Waals surface area contributed by atoms with Gasteiger partial charge in [0.2, 0.25) is 0 Å². The molecule has 0 heterocycles. The number of hydrogen-bond donors (Lipinski definition) is 0. The van der Waals surface area contributed by atoms with Gasteiger partial charge in [-0.15, -0.1) is 0 Å². The topological polar surface area (TPSA) is 228 Å². The lowest BCUT2D eigenvalue weighted by molar-refractivity contribution is -0.832. The summed E-state index contributed by atoms with van der Waals surface area (Å²) in [5, 5.41) is 44.5. The van der Waals surface area contributed by atoms with Gasteiger partial charge in [0, 0.05) is 13.3 Å². The Kier molecular flexibility index (Phi) is 7.39. The predicted octanol–water partition coefficient (Wildman–Crippen LogP) is -0.00170. The molecule has 0 aromatic carbocycles. The number of Topliss-reactive ketones (excluding diaryl/α,β-unsaturated/α-hetero) is 1. The van der Waals surface area contributed by atoms with Crippen LogP contribution >= 0.6 is 0 Å². The lowest BCUT2D eigenvalue weighted by Gasteiger charge is -2.10. The number of nitrogens with zero attached hydrogens (tertiary/aromatic N) is 5. The Morgan fingerprint density at radius 1 is 0.926 bits per heavy atom. The number of carbonyl (C=O) groups excluding carboxylic acids is 2. The van der Waals surface area contributed by atoms with Crippen LogP contribution in [0.1, 0.15) is 26.2 Å². The van der Waals surface area contributed by atoms with Crippen LogP contribution in [-0.4, -0.2) is 49.0 Å². The van der Waals surface area contributed by atoms with Crippen molar-refractivity contribution in [1.29, 1.82) is 0 Å². The van der Waals surface area contributed by atoms with Gasteiger partial charge in [0.15, 0.2) is 12.2 Å². The van der Waals surface area contributed by atoms with Gasteiger partial charge in [-0.2, -0.15) is 0 Å². The van der Waals surface area contributed by atoms with Crippen molar-refractivity contribution in [1.82, 2.24) is 0 Å². The summed E-state index contributed by atoms with van der Waals surface area (Å²) < 4.78 is 27.4. The highest BCUT2D eigenvalue weighted by Crippen LogP contribution is 2.23. The van der Waals surface area contributed by atoms with Gasteiger partial charge in [-0.05, 0) is 0 Å². The molecule has 0 N–H and O–H groups in total. The average molecular weight is 401 g/mol. The predicted molar refractivity (Wildman–Crippen MR) is 73.7 cm³/mol. The summed E-state index contributed by atoms with van der Waals surface area (Å²) >= 11 is 0. The Labute approximate surface area is 145 Å². The second-order valence-corrected chi connectivity index (χ2v) is 4.69. The lowest BCUT2D eigenvalue weighted by Crippen LogP contribution is -2.45. The van der Waals surface area contributed by atoms with E-state index >= 15 is 0 Å². The van der Waals surface area contributed by atoms with Crippen molar-refractivity contribution in [3.05, 3.63) is 40.5 Å². The van der Waals surface area contributed by atoms with Crippen LogP contribution in [-0.2, 0) is 14.4 Å². The molecule has 0 saturated heterocycles. The van der Waals surface area contributed by atoms with Crippen LogP contribution < -0.4 is 0 Å². The van der Waals surface area contributed by atoms with E-state index in [0.29, 0.717) is 6.92 Å². The summed E-state index contributed by atoms with van der Waals surface area (Å²) in [4.78, 5) is 60.2. The molecule has 0 radical (unpaired) electrons. The number of halogens is 2. The summed E-state index contributed by atoms with van der Waals surface area (Å²) in [5.41, 5.74) is -1.48. The first kappa shape index (κ1) is 23.3. The highest BCUT2D eigenvalue weighted by atomic mass is 19.2. The molecule has 0 aromatic rings. The van der Waals surface area contributed by atoms with E-state index < -0.39 is 68.3 Å². The second kappa shape index (κ2) is 8.58.